The predicted octanol–water partition coefficient (Wildman–Crippen LogP) is 8.45. The van der Waals surface area contributed by atoms with E-state index in [1.165, 1.54) is 89.9 Å². The maximum absolute atomic E-state index is 11.4. The summed E-state index contributed by atoms with van der Waals surface area (Å²) in [4.78, 5) is 0. The normalized spacial score (nSPS) is 15.0. The van der Waals surface area contributed by atoms with Gasteiger partial charge in [-0.25, -0.2) is 0 Å². The Morgan fingerprint density at radius 1 is 0.571 bits per heavy atom. The van der Waals surface area contributed by atoms with Crippen LogP contribution in [0, 0.1) is 5.41 Å². The smallest absolute Gasteiger partial charge is 0.0990 e. The van der Waals surface area contributed by atoms with Crippen molar-refractivity contribution in [3.05, 3.63) is 0 Å². The van der Waals surface area contributed by atoms with Gasteiger partial charge in [0.2, 0.25) is 0 Å². The van der Waals surface area contributed by atoms with Crippen LogP contribution in [0.4, 0.5) is 0 Å². The van der Waals surface area contributed by atoms with Crippen LogP contribution in [0.3, 0.4) is 0 Å². The summed E-state index contributed by atoms with van der Waals surface area (Å²) in [6.07, 6.45) is 18.4. The lowest BCUT2D eigenvalue weighted by Crippen LogP contribution is -2.61. The summed E-state index contributed by atoms with van der Waals surface area (Å²) in [5.74, 6) is 0. The first kappa shape index (κ1) is 27.9. The van der Waals surface area contributed by atoms with Crippen molar-refractivity contribution in [3.63, 3.8) is 0 Å². The van der Waals surface area contributed by atoms with Crippen LogP contribution in [0.15, 0.2) is 0 Å². The highest BCUT2D eigenvalue weighted by Gasteiger charge is 2.55. The molecule has 0 bridgehead atoms. The predicted molar refractivity (Wildman–Crippen MR) is 125 cm³/mol. The fourth-order valence-corrected chi connectivity index (χ4v) is 4.84. The summed E-state index contributed by atoms with van der Waals surface area (Å²) in [7, 11) is 0. The highest BCUT2D eigenvalue weighted by atomic mass is 16.5. The van der Waals surface area contributed by atoms with Gasteiger partial charge in [0, 0.05) is 12.0 Å². The van der Waals surface area contributed by atoms with Gasteiger partial charge in [0.25, 0.3) is 0 Å². The molecule has 28 heavy (non-hydrogen) atoms. The summed E-state index contributed by atoms with van der Waals surface area (Å²) in [6.45, 7) is 16.1. The summed E-state index contributed by atoms with van der Waals surface area (Å²) in [6, 6.07) is 0. The molecule has 0 aliphatic rings. The van der Waals surface area contributed by atoms with E-state index in [-0.39, 0.29) is 5.41 Å². The first-order chi connectivity index (χ1) is 13.2. The lowest BCUT2D eigenvalue weighted by atomic mass is 9.58. The number of rotatable bonds is 19. The minimum absolute atomic E-state index is 0.0664. The van der Waals surface area contributed by atoms with E-state index in [1.807, 2.05) is 13.8 Å². The molecule has 0 aliphatic heterocycles. The third kappa shape index (κ3) is 8.74. The van der Waals surface area contributed by atoms with Gasteiger partial charge >= 0.3 is 0 Å². The molecule has 170 valence electrons. The Kier molecular flexibility index (Phi) is 14.8. The Morgan fingerprint density at radius 2 is 0.929 bits per heavy atom. The molecule has 0 aromatic carbocycles. The molecular weight excluding hydrogens is 344 g/mol. The van der Waals surface area contributed by atoms with Crippen LogP contribution in [-0.4, -0.2) is 22.9 Å². The molecular formula is C26H54O2. The Labute approximate surface area is 178 Å². The zero-order valence-electron chi connectivity index (χ0n) is 20.7. The highest BCUT2D eigenvalue weighted by molar-refractivity contribution is 5.06. The first-order valence-corrected chi connectivity index (χ1v) is 12.6. The molecule has 0 amide bonds. The van der Waals surface area contributed by atoms with Crippen molar-refractivity contribution in [2.75, 3.05) is 6.61 Å². The molecule has 1 N–H and O–H groups in total. The Bertz CT molecular complexity index is 331. The van der Waals surface area contributed by atoms with Crippen LogP contribution in [-0.2, 0) is 4.74 Å². The van der Waals surface area contributed by atoms with Crippen molar-refractivity contribution in [2.24, 2.45) is 5.41 Å². The standard InChI is InChI=1S/C26H54O2/c1-8-12-16-20-26(21-17-13-9-2,22-18-14-10-3)25(7,24(5,6)27)28-23-19-15-11-4/h27H,8-23H2,1-7H3. The molecule has 0 rings (SSSR count). The Morgan fingerprint density at radius 3 is 1.25 bits per heavy atom. The zero-order chi connectivity index (χ0) is 21.5. The van der Waals surface area contributed by atoms with E-state index in [0.717, 1.165) is 13.0 Å². The van der Waals surface area contributed by atoms with Crippen molar-refractivity contribution in [1.82, 2.24) is 0 Å². The number of unbranched alkanes of at least 4 members (excludes halogenated alkanes) is 8. The van der Waals surface area contributed by atoms with E-state index in [0.29, 0.717) is 0 Å². The summed E-state index contributed by atoms with van der Waals surface area (Å²) in [5, 5.41) is 11.4. The summed E-state index contributed by atoms with van der Waals surface area (Å²) in [5.41, 5.74) is -1.27. The molecule has 2 nitrogen and oxygen atoms in total. The average Bonchev–Trinajstić information content (AvgIpc) is 2.64. The molecule has 0 saturated heterocycles. The second-order valence-electron chi connectivity index (χ2n) is 9.80. The van der Waals surface area contributed by atoms with Gasteiger partial charge < -0.3 is 9.84 Å². The number of hydrogen-bond acceptors (Lipinski definition) is 2. The number of ether oxygens (including phenoxy) is 1. The van der Waals surface area contributed by atoms with Gasteiger partial charge in [-0.2, -0.15) is 0 Å². The Hall–Kier alpha value is -0.0800. The molecule has 0 radical (unpaired) electrons. The third-order valence-electron chi connectivity index (χ3n) is 7.09. The molecule has 1 atom stereocenters. The minimum Gasteiger partial charge on any atom is -0.387 e. The van der Waals surface area contributed by atoms with E-state index in [4.69, 9.17) is 4.74 Å². The molecule has 1 unspecified atom stereocenters. The van der Waals surface area contributed by atoms with Crippen LogP contribution in [0.2, 0.25) is 0 Å². The summed E-state index contributed by atoms with van der Waals surface area (Å²) < 4.78 is 6.70. The third-order valence-corrected chi connectivity index (χ3v) is 7.09. The van der Waals surface area contributed by atoms with E-state index < -0.39 is 11.2 Å². The molecule has 0 aromatic heterocycles. The second kappa shape index (κ2) is 14.8. The molecule has 0 aromatic rings. The van der Waals surface area contributed by atoms with Crippen LogP contribution in [0.5, 0.6) is 0 Å². The van der Waals surface area contributed by atoms with Crippen molar-refractivity contribution in [3.8, 4) is 0 Å². The molecule has 0 spiro atoms. The van der Waals surface area contributed by atoms with Gasteiger partial charge in [-0.05, 0) is 46.5 Å². The number of hydrogen-bond donors (Lipinski definition) is 1. The lowest BCUT2D eigenvalue weighted by molar-refractivity contribution is -0.230. The van der Waals surface area contributed by atoms with E-state index >= 15 is 0 Å². The fraction of sp³-hybridized carbons (Fsp3) is 1.00. The maximum atomic E-state index is 11.4. The van der Waals surface area contributed by atoms with Gasteiger partial charge in [0.05, 0.1) is 11.2 Å². The van der Waals surface area contributed by atoms with Gasteiger partial charge in [-0.15, -0.1) is 0 Å². The van der Waals surface area contributed by atoms with Crippen molar-refractivity contribution in [2.45, 2.75) is 156 Å². The second-order valence-corrected chi connectivity index (χ2v) is 9.80. The lowest BCUT2D eigenvalue weighted by Gasteiger charge is -2.55. The van der Waals surface area contributed by atoms with Crippen LogP contribution < -0.4 is 0 Å². The molecule has 0 fully saturated rings. The van der Waals surface area contributed by atoms with Gasteiger partial charge in [0.1, 0.15) is 0 Å². The van der Waals surface area contributed by atoms with Crippen molar-refractivity contribution >= 4 is 0 Å². The zero-order valence-corrected chi connectivity index (χ0v) is 20.7. The van der Waals surface area contributed by atoms with E-state index in [9.17, 15) is 5.11 Å². The summed E-state index contributed by atoms with van der Waals surface area (Å²) >= 11 is 0. The van der Waals surface area contributed by atoms with Crippen molar-refractivity contribution < 1.29 is 9.84 Å². The van der Waals surface area contributed by atoms with Crippen LogP contribution >= 0.6 is 0 Å². The van der Waals surface area contributed by atoms with Gasteiger partial charge in [-0.1, -0.05) is 98.3 Å². The SMILES string of the molecule is CCCCCOC(C)(C(C)(C)O)C(CCCCC)(CCCCC)CCCCC. The molecule has 2 heteroatoms. The average molecular weight is 399 g/mol. The van der Waals surface area contributed by atoms with E-state index in [2.05, 4.69) is 34.6 Å². The molecule has 0 aliphatic carbocycles. The molecule has 0 heterocycles. The topological polar surface area (TPSA) is 29.5 Å². The quantitative estimate of drug-likeness (QED) is 0.221. The largest absolute Gasteiger partial charge is 0.387 e. The monoisotopic (exact) mass is 398 g/mol. The fourth-order valence-electron chi connectivity index (χ4n) is 4.84. The van der Waals surface area contributed by atoms with Crippen LogP contribution in [0.25, 0.3) is 0 Å². The first-order valence-electron chi connectivity index (χ1n) is 12.6. The van der Waals surface area contributed by atoms with Gasteiger partial charge in [0.15, 0.2) is 0 Å². The highest BCUT2D eigenvalue weighted by Crippen LogP contribution is 2.52. The number of aliphatic hydroxyl groups is 1. The van der Waals surface area contributed by atoms with Gasteiger partial charge in [-0.3, -0.25) is 0 Å². The maximum Gasteiger partial charge on any atom is 0.0990 e. The van der Waals surface area contributed by atoms with Crippen LogP contribution in [0.1, 0.15) is 145 Å². The van der Waals surface area contributed by atoms with E-state index in [1.54, 1.807) is 0 Å². The molecule has 0 saturated carbocycles. The Balaban J connectivity index is 5.81. The minimum atomic E-state index is -0.843. The van der Waals surface area contributed by atoms with Crippen molar-refractivity contribution in [1.29, 1.82) is 0 Å².